The van der Waals surface area contributed by atoms with Crippen LogP contribution in [0.5, 0.6) is 0 Å². The fourth-order valence-corrected chi connectivity index (χ4v) is 2.83. The van der Waals surface area contributed by atoms with Crippen molar-refractivity contribution in [3.63, 3.8) is 0 Å². The maximum atomic E-state index is 11.8. The molecule has 4 heteroatoms. The van der Waals surface area contributed by atoms with E-state index in [9.17, 15) is 9.90 Å². The first-order chi connectivity index (χ1) is 10.2. The smallest absolute Gasteiger partial charge is 0.314 e. The second-order valence-corrected chi connectivity index (χ2v) is 5.96. The molecule has 0 bridgehead atoms. The van der Waals surface area contributed by atoms with Gasteiger partial charge in [-0.25, -0.2) is 4.79 Å². The number of hydrogen-bond donors (Lipinski definition) is 3. The average Bonchev–Trinajstić information content (AvgIpc) is 2.47. The van der Waals surface area contributed by atoms with Crippen LogP contribution in [0.15, 0.2) is 30.3 Å². The minimum Gasteiger partial charge on any atom is -0.393 e. The average molecular weight is 290 g/mol. The van der Waals surface area contributed by atoms with Crippen LogP contribution in [0, 0.1) is 0 Å². The maximum Gasteiger partial charge on any atom is 0.314 e. The van der Waals surface area contributed by atoms with Crippen LogP contribution < -0.4 is 10.6 Å². The van der Waals surface area contributed by atoms with E-state index in [1.807, 2.05) is 13.0 Å². The summed E-state index contributed by atoms with van der Waals surface area (Å²) >= 11 is 0. The summed E-state index contributed by atoms with van der Waals surface area (Å²) in [6.45, 7) is 3.13. The van der Waals surface area contributed by atoms with E-state index in [1.54, 1.807) is 0 Å². The number of benzene rings is 1. The molecule has 21 heavy (non-hydrogen) atoms. The number of aliphatic hydroxyl groups is 1. The van der Waals surface area contributed by atoms with Crippen LogP contribution in [-0.2, 0) is 5.41 Å². The molecule has 1 unspecified atom stereocenters. The summed E-state index contributed by atoms with van der Waals surface area (Å²) in [5, 5.41) is 15.2. The molecule has 2 amide bonds. The van der Waals surface area contributed by atoms with E-state index in [0.29, 0.717) is 19.5 Å². The highest BCUT2D eigenvalue weighted by Crippen LogP contribution is 2.43. The number of carbonyl (C=O) groups excluding carboxylic acids is 1. The molecule has 0 heterocycles. The van der Waals surface area contributed by atoms with Crippen molar-refractivity contribution in [1.29, 1.82) is 0 Å². The summed E-state index contributed by atoms with van der Waals surface area (Å²) in [5.74, 6) is 0. The van der Waals surface area contributed by atoms with Gasteiger partial charge in [0.1, 0.15) is 0 Å². The van der Waals surface area contributed by atoms with Crippen LogP contribution in [0.2, 0.25) is 0 Å². The molecule has 0 saturated heterocycles. The lowest BCUT2D eigenvalue weighted by molar-refractivity contribution is 0.159. The number of hydrogen-bond acceptors (Lipinski definition) is 2. The van der Waals surface area contributed by atoms with Crippen molar-refractivity contribution >= 4 is 6.03 Å². The van der Waals surface area contributed by atoms with Crippen LogP contribution in [0.25, 0.3) is 0 Å². The van der Waals surface area contributed by atoms with E-state index >= 15 is 0 Å². The molecular weight excluding hydrogens is 264 g/mol. The van der Waals surface area contributed by atoms with E-state index in [2.05, 4.69) is 34.9 Å². The monoisotopic (exact) mass is 290 g/mol. The lowest BCUT2D eigenvalue weighted by atomic mass is 9.64. The van der Waals surface area contributed by atoms with Gasteiger partial charge in [-0.15, -0.1) is 0 Å². The Morgan fingerprint density at radius 2 is 2.00 bits per heavy atom. The molecule has 4 nitrogen and oxygen atoms in total. The van der Waals surface area contributed by atoms with Crippen LogP contribution in [-0.4, -0.2) is 30.3 Å². The summed E-state index contributed by atoms with van der Waals surface area (Å²) < 4.78 is 0. The SMILES string of the molecule is CCC(O)CCNC(=O)NCC1(c2ccccc2)CCC1. The highest BCUT2D eigenvalue weighted by molar-refractivity contribution is 5.74. The van der Waals surface area contributed by atoms with Gasteiger partial charge in [-0.1, -0.05) is 43.7 Å². The second kappa shape index (κ2) is 7.46. The molecule has 0 aliphatic heterocycles. The normalized spacial score (nSPS) is 17.6. The first kappa shape index (κ1) is 15.8. The lowest BCUT2D eigenvalue weighted by Crippen LogP contribution is -2.48. The number of amides is 2. The molecule has 3 N–H and O–H groups in total. The van der Waals surface area contributed by atoms with Crippen molar-refractivity contribution < 1.29 is 9.90 Å². The minimum atomic E-state index is -0.326. The largest absolute Gasteiger partial charge is 0.393 e. The van der Waals surface area contributed by atoms with Gasteiger partial charge in [0.2, 0.25) is 0 Å². The Hall–Kier alpha value is -1.55. The van der Waals surface area contributed by atoms with Crippen LogP contribution >= 0.6 is 0 Å². The van der Waals surface area contributed by atoms with E-state index in [4.69, 9.17) is 0 Å². The molecule has 1 saturated carbocycles. The third kappa shape index (κ3) is 4.21. The number of carbonyl (C=O) groups is 1. The first-order valence-electron chi connectivity index (χ1n) is 7.91. The van der Waals surface area contributed by atoms with Gasteiger partial charge in [-0.05, 0) is 31.2 Å². The summed E-state index contributed by atoms with van der Waals surface area (Å²) in [6, 6.07) is 10.3. The summed E-state index contributed by atoms with van der Waals surface area (Å²) in [7, 11) is 0. The highest BCUT2D eigenvalue weighted by atomic mass is 16.3. The Bertz CT molecular complexity index is 443. The summed E-state index contributed by atoms with van der Waals surface area (Å²) in [5.41, 5.74) is 1.43. The molecule has 2 rings (SSSR count). The Morgan fingerprint density at radius 1 is 1.29 bits per heavy atom. The predicted octanol–water partition coefficient (Wildman–Crippen LogP) is 2.57. The standard InChI is InChI=1S/C17H26N2O2/c1-2-15(20)9-12-18-16(21)19-13-17(10-6-11-17)14-7-4-3-5-8-14/h3-5,7-8,15,20H,2,6,9-13H2,1H3,(H2,18,19,21). The molecule has 1 aliphatic rings. The Kier molecular flexibility index (Phi) is 5.62. The quantitative estimate of drug-likeness (QED) is 0.723. The van der Waals surface area contributed by atoms with Crippen molar-refractivity contribution in [1.82, 2.24) is 10.6 Å². The fraction of sp³-hybridized carbons (Fsp3) is 0.588. The van der Waals surface area contributed by atoms with Crippen LogP contribution in [0.4, 0.5) is 4.79 Å². The molecule has 0 radical (unpaired) electrons. The molecule has 0 aromatic heterocycles. The maximum absolute atomic E-state index is 11.8. The number of rotatable bonds is 7. The molecular formula is C17H26N2O2. The molecule has 0 spiro atoms. The number of aliphatic hydroxyl groups excluding tert-OH is 1. The molecule has 1 aliphatic carbocycles. The summed E-state index contributed by atoms with van der Waals surface area (Å²) in [6.07, 6.45) is 4.49. The zero-order valence-corrected chi connectivity index (χ0v) is 12.8. The molecule has 1 aromatic carbocycles. The molecule has 1 fully saturated rings. The van der Waals surface area contributed by atoms with Gasteiger partial charge in [-0.3, -0.25) is 0 Å². The molecule has 116 valence electrons. The highest BCUT2D eigenvalue weighted by Gasteiger charge is 2.38. The Labute approximate surface area is 126 Å². The third-order valence-electron chi connectivity index (χ3n) is 4.52. The van der Waals surface area contributed by atoms with E-state index < -0.39 is 0 Å². The van der Waals surface area contributed by atoms with E-state index in [0.717, 1.165) is 19.3 Å². The number of nitrogens with one attached hydrogen (secondary N) is 2. The van der Waals surface area contributed by atoms with E-state index in [1.165, 1.54) is 12.0 Å². The number of urea groups is 1. The van der Waals surface area contributed by atoms with Crippen molar-refractivity contribution in [2.45, 2.75) is 50.5 Å². The molecule has 1 aromatic rings. The van der Waals surface area contributed by atoms with Crippen molar-refractivity contribution in [3.05, 3.63) is 35.9 Å². The van der Waals surface area contributed by atoms with Crippen molar-refractivity contribution in [2.75, 3.05) is 13.1 Å². The Balaban J connectivity index is 1.77. The van der Waals surface area contributed by atoms with Crippen LogP contribution in [0.3, 0.4) is 0 Å². The van der Waals surface area contributed by atoms with Gasteiger partial charge in [0.05, 0.1) is 6.10 Å². The topological polar surface area (TPSA) is 61.4 Å². The van der Waals surface area contributed by atoms with Crippen molar-refractivity contribution in [2.24, 2.45) is 0 Å². The summed E-state index contributed by atoms with van der Waals surface area (Å²) in [4.78, 5) is 11.8. The van der Waals surface area contributed by atoms with Gasteiger partial charge in [0, 0.05) is 18.5 Å². The molecule has 1 atom stereocenters. The van der Waals surface area contributed by atoms with Crippen molar-refractivity contribution in [3.8, 4) is 0 Å². The second-order valence-electron chi connectivity index (χ2n) is 5.96. The van der Waals surface area contributed by atoms with E-state index in [-0.39, 0.29) is 17.6 Å². The lowest BCUT2D eigenvalue weighted by Gasteiger charge is -2.42. The third-order valence-corrected chi connectivity index (χ3v) is 4.52. The Morgan fingerprint density at radius 3 is 2.57 bits per heavy atom. The van der Waals surface area contributed by atoms with Crippen LogP contribution in [0.1, 0.15) is 44.6 Å². The minimum absolute atomic E-state index is 0.113. The first-order valence-corrected chi connectivity index (χ1v) is 7.91. The predicted molar refractivity (Wildman–Crippen MR) is 84.3 cm³/mol. The van der Waals surface area contributed by atoms with Gasteiger partial charge >= 0.3 is 6.03 Å². The van der Waals surface area contributed by atoms with Gasteiger partial charge in [0.25, 0.3) is 0 Å². The van der Waals surface area contributed by atoms with Gasteiger partial charge in [0.15, 0.2) is 0 Å². The van der Waals surface area contributed by atoms with Gasteiger partial charge < -0.3 is 15.7 Å². The zero-order chi connectivity index (χ0) is 15.1. The fourth-order valence-electron chi connectivity index (χ4n) is 2.83. The van der Waals surface area contributed by atoms with Gasteiger partial charge in [-0.2, -0.15) is 0 Å². The zero-order valence-electron chi connectivity index (χ0n) is 12.8.